The highest BCUT2D eigenvalue weighted by molar-refractivity contribution is 5.20. The van der Waals surface area contributed by atoms with Gasteiger partial charge in [0.05, 0.1) is 12.7 Å². The average molecular weight is 240 g/mol. The second-order valence-corrected chi connectivity index (χ2v) is 3.98. The van der Waals surface area contributed by atoms with Crippen LogP contribution in [-0.4, -0.2) is 27.7 Å². The SMILES string of the molecule is CCCCCOc1nc(N)nc(OC(C)C)n1. The summed E-state index contributed by atoms with van der Waals surface area (Å²) in [5, 5.41) is 0. The van der Waals surface area contributed by atoms with Crippen molar-refractivity contribution in [1.29, 1.82) is 0 Å². The van der Waals surface area contributed by atoms with Gasteiger partial charge >= 0.3 is 12.0 Å². The predicted octanol–water partition coefficient (Wildman–Crippen LogP) is 1.81. The van der Waals surface area contributed by atoms with E-state index in [0.717, 1.165) is 19.3 Å². The number of nitrogens with two attached hydrogens (primary N) is 1. The summed E-state index contributed by atoms with van der Waals surface area (Å²) in [5.74, 6) is 0.112. The number of aromatic nitrogens is 3. The summed E-state index contributed by atoms with van der Waals surface area (Å²) in [7, 11) is 0. The van der Waals surface area contributed by atoms with Gasteiger partial charge in [0, 0.05) is 0 Å². The lowest BCUT2D eigenvalue weighted by Gasteiger charge is -2.09. The summed E-state index contributed by atoms with van der Waals surface area (Å²) >= 11 is 0. The number of anilines is 1. The zero-order valence-electron chi connectivity index (χ0n) is 10.6. The number of hydrogen-bond acceptors (Lipinski definition) is 6. The normalized spacial score (nSPS) is 10.6. The van der Waals surface area contributed by atoms with E-state index in [0.29, 0.717) is 6.61 Å². The predicted molar refractivity (Wildman–Crippen MR) is 65.0 cm³/mol. The summed E-state index contributed by atoms with van der Waals surface area (Å²) in [5.41, 5.74) is 5.54. The highest BCUT2D eigenvalue weighted by atomic mass is 16.5. The van der Waals surface area contributed by atoms with Crippen LogP contribution >= 0.6 is 0 Å². The maximum atomic E-state index is 5.54. The van der Waals surface area contributed by atoms with Crippen LogP contribution in [0.2, 0.25) is 0 Å². The molecule has 0 aliphatic carbocycles. The molecular formula is C11H20N4O2. The van der Waals surface area contributed by atoms with E-state index in [2.05, 4.69) is 21.9 Å². The van der Waals surface area contributed by atoms with Crippen molar-refractivity contribution >= 4 is 5.95 Å². The number of nitrogens with zero attached hydrogens (tertiary/aromatic N) is 3. The average Bonchev–Trinajstić information content (AvgIpc) is 2.22. The number of hydrogen-bond donors (Lipinski definition) is 1. The Balaban J connectivity index is 2.56. The van der Waals surface area contributed by atoms with Gasteiger partial charge in [-0.05, 0) is 20.3 Å². The molecule has 96 valence electrons. The molecule has 0 amide bonds. The molecule has 0 saturated carbocycles. The van der Waals surface area contributed by atoms with E-state index in [-0.39, 0.29) is 24.1 Å². The van der Waals surface area contributed by atoms with Crippen molar-refractivity contribution in [2.45, 2.75) is 46.1 Å². The largest absolute Gasteiger partial charge is 0.463 e. The van der Waals surface area contributed by atoms with Gasteiger partial charge in [-0.3, -0.25) is 0 Å². The molecule has 1 heterocycles. The molecule has 0 unspecified atom stereocenters. The van der Waals surface area contributed by atoms with Gasteiger partial charge < -0.3 is 15.2 Å². The van der Waals surface area contributed by atoms with Gasteiger partial charge in [0.15, 0.2) is 0 Å². The van der Waals surface area contributed by atoms with Crippen LogP contribution < -0.4 is 15.2 Å². The smallest absolute Gasteiger partial charge is 0.324 e. The number of rotatable bonds is 7. The first kappa shape index (κ1) is 13.5. The van der Waals surface area contributed by atoms with E-state index in [1.54, 1.807) is 0 Å². The molecular weight excluding hydrogens is 220 g/mol. The molecule has 0 aliphatic rings. The number of ether oxygens (including phenoxy) is 2. The van der Waals surface area contributed by atoms with Crippen LogP contribution in [0.25, 0.3) is 0 Å². The van der Waals surface area contributed by atoms with Crippen LogP contribution in [0.3, 0.4) is 0 Å². The number of unbranched alkanes of at least 4 members (excludes halogenated alkanes) is 2. The summed E-state index contributed by atoms with van der Waals surface area (Å²) in [6, 6.07) is 0.433. The molecule has 0 aliphatic heterocycles. The Bertz CT molecular complexity index is 344. The zero-order chi connectivity index (χ0) is 12.7. The minimum Gasteiger partial charge on any atom is -0.463 e. The maximum Gasteiger partial charge on any atom is 0.324 e. The van der Waals surface area contributed by atoms with E-state index in [9.17, 15) is 0 Å². The van der Waals surface area contributed by atoms with Gasteiger partial charge in [0.2, 0.25) is 5.95 Å². The summed E-state index contributed by atoms with van der Waals surface area (Å²) in [6.07, 6.45) is 3.23. The molecule has 2 N–H and O–H groups in total. The molecule has 0 bridgehead atoms. The Morgan fingerprint density at radius 3 is 2.47 bits per heavy atom. The third-order valence-electron chi connectivity index (χ3n) is 1.93. The van der Waals surface area contributed by atoms with Gasteiger partial charge in [0.25, 0.3) is 0 Å². The molecule has 1 rings (SSSR count). The van der Waals surface area contributed by atoms with E-state index >= 15 is 0 Å². The Hall–Kier alpha value is -1.59. The third-order valence-corrected chi connectivity index (χ3v) is 1.93. The molecule has 6 heteroatoms. The molecule has 1 aromatic rings. The second-order valence-electron chi connectivity index (χ2n) is 3.98. The van der Waals surface area contributed by atoms with Gasteiger partial charge in [0.1, 0.15) is 0 Å². The topological polar surface area (TPSA) is 83.2 Å². The molecule has 0 fully saturated rings. The fourth-order valence-corrected chi connectivity index (χ4v) is 1.20. The summed E-state index contributed by atoms with van der Waals surface area (Å²) < 4.78 is 10.7. The van der Waals surface area contributed by atoms with Crippen molar-refractivity contribution in [2.75, 3.05) is 12.3 Å². The highest BCUT2D eigenvalue weighted by Crippen LogP contribution is 2.12. The lowest BCUT2D eigenvalue weighted by atomic mass is 10.3. The molecule has 6 nitrogen and oxygen atoms in total. The Kier molecular flexibility index (Phi) is 5.45. The Labute approximate surface area is 102 Å². The molecule has 1 aromatic heterocycles. The first-order valence-corrected chi connectivity index (χ1v) is 5.92. The molecule has 0 saturated heterocycles. The number of nitrogen functional groups attached to an aromatic ring is 1. The monoisotopic (exact) mass is 240 g/mol. The van der Waals surface area contributed by atoms with E-state index in [4.69, 9.17) is 15.2 Å². The maximum absolute atomic E-state index is 5.54. The van der Waals surface area contributed by atoms with E-state index in [1.807, 2.05) is 13.8 Å². The summed E-state index contributed by atoms with van der Waals surface area (Å²) in [6.45, 7) is 6.50. The fraction of sp³-hybridized carbons (Fsp3) is 0.727. The first-order chi connectivity index (χ1) is 8.11. The van der Waals surface area contributed by atoms with Gasteiger partial charge in [-0.1, -0.05) is 19.8 Å². The minimum atomic E-state index is -0.00950. The van der Waals surface area contributed by atoms with Crippen molar-refractivity contribution < 1.29 is 9.47 Å². The van der Waals surface area contributed by atoms with Crippen LogP contribution in [0.4, 0.5) is 5.95 Å². The zero-order valence-corrected chi connectivity index (χ0v) is 10.6. The first-order valence-electron chi connectivity index (χ1n) is 5.92. The van der Waals surface area contributed by atoms with Crippen molar-refractivity contribution in [1.82, 2.24) is 15.0 Å². The Morgan fingerprint density at radius 1 is 1.12 bits per heavy atom. The van der Waals surface area contributed by atoms with Crippen LogP contribution in [0.15, 0.2) is 0 Å². The fourth-order valence-electron chi connectivity index (χ4n) is 1.20. The lowest BCUT2D eigenvalue weighted by molar-refractivity contribution is 0.212. The lowest BCUT2D eigenvalue weighted by Crippen LogP contribution is -2.12. The highest BCUT2D eigenvalue weighted by Gasteiger charge is 2.07. The molecule has 17 heavy (non-hydrogen) atoms. The Morgan fingerprint density at radius 2 is 1.82 bits per heavy atom. The molecule has 0 aromatic carbocycles. The summed E-state index contributed by atoms with van der Waals surface area (Å²) in [4.78, 5) is 11.8. The van der Waals surface area contributed by atoms with Gasteiger partial charge in [-0.2, -0.15) is 9.97 Å². The van der Waals surface area contributed by atoms with Gasteiger partial charge in [-0.15, -0.1) is 4.98 Å². The van der Waals surface area contributed by atoms with Crippen molar-refractivity contribution in [3.05, 3.63) is 0 Å². The van der Waals surface area contributed by atoms with Crippen LogP contribution in [0, 0.1) is 0 Å². The second kappa shape index (κ2) is 6.88. The van der Waals surface area contributed by atoms with Gasteiger partial charge in [-0.25, -0.2) is 0 Å². The van der Waals surface area contributed by atoms with E-state index in [1.165, 1.54) is 0 Å². The molecule has 0 spiro atoms. The minimum absolute atomic E-state index is 0.00950. The van der Waals surface area contributed by atoms with Crippen LogP contribution in [-0.2, 0) is 0 Å². The van der Waals surface area contributed by atoms with Crippen LogP contribution in [0.1, 0.15) is 40.0 Å². The van der Waals surface area contributed by atoms with Crippen molar-refractivity contribution in [3.8, 4) is 12.0 Å². The van der Waals surface area contributed by atoms with Crippen molar-refractivity contribution in [2.24, 2.45) is 0 Å². The standard InChI is InChI=1S/C11H20N4O2/c1-4-5-6-7-16-10-13-9(12)14-11(15-10)17-8(2)3/h8H,4-7H2,1-3H3,(H2,12,13,14,15). The van der Waals surface area contributed by atoms with Crippen molar-refractivity contribution in [3.63, 3.8) is 0 Å². The quantitative estimate of drug-likeness (QED) is 0.732. The molecule has 0 radical (unpaired) electrons. The van der Waals surface area contributed by atoms with Crippen LogP contribution in [0.5, 0.6) is 12.0 Å². The van der Waals surface area contributed by atoms with E-state index < -0.39 is 0 Å². The third kappa shape index (κ3) is 5.33. The molecule has 0 atom stereocenters.